The number of nitrogens with two attached hydrogens (primary N) is 1. The van der Waals surface area contributed by atoms with E-state index in [0.29, 0.717) is 6.42 Å². The molecule has 43 heavy (non-hydrogen) atoms. The molecule has 228 valence electrons. The van der Waals surface area contributed by atoms with Crippen LogP contribution in [0.5, 0.6) is 0 Å². The highest BCUT2D eigenvalue weighted by Gasteiger charge is 2.33. The summed E-state index contributed by atoms with van der Waals surface area (Å²) in [6, 6.07) is 10.2. The minimum absolute atomic E-state index is 0.0323. The van der Waals surface area contributed by atoms with Crippen LogP contribution < -0.4 is 21.7 Å². The van der Waals surface area contributed by atoms with E-state index in [4.69, 9.17) is 5.73 Å². The first-order valence-corrected chi connectivity index (χ1v) is 14.2. The van der Waals surface area contributed by atoms with Crippen molar-refractivity contribution in [2.75, 3.05) is 6.61 Å². The van der Waals surface area contributed by atoms with Crippen LogP contribution in [0, 0.1) is 5.92 Å². The molecule has 0 aliphatic heterocycles. The molecule has 12 nitrogen and oxygen atoms in total. The number of aliphatic hydroxyl groups is 1. The van der Waals surface area contributed by atoms with Gasteiger partial charge in [0.15, 0.2) is 0 Å². The van der Waals surface area contributed by atoms with E-state index in [0.717, 1.165) is 32.9 Å². The molecule has 9 N–H and O–H groups in total. The van der Waals surface area contributed by atoms with Gasteiger partial charge in [-0.05, 0) is 29.2 Å². The fourth-order valence-electron chi connectivity index (χ4n) is 5.03. The standard InChI is InChI=1S/C31H38N6O6/c1-3-17(2)27(30(41)36-26(31(42)43)13-19-15-34-24-11-7-5-9-21(19)24)37-29(40)25(35-28(39)22(32)16-38)12-18-14-33-23-10-6-4-8-20(18)23/h4-11,14-15,17,22,25-27,33-34,38H,3,12-13,16,32H2,1-2H3,(H,35,39)(H,36,41)(H,37,40)(H,42,43). The molecule has 2 aromatic carbocycles. The van der Waals surface area contributed by atoms with Crippen molar-refractivity contribution in [3.8, 4) is 0 Å². The lowest BCUT2D eigenvalue weighted by Crippen LogP contribution is -2.59. The van der Waals surface area contributed by atoms with Gasteiger partial charge >= 0.3 is 5.97 Å². The maximum Gasteiger partial charge on any atom is 0.326 e. The number of carboxylic acid groups (broad SMARTS) is 1. The Labute approximate surface area is 248 Å². The lowest BCUT2D eigenvalue weighted by atomic mass is 9.96. The molecule has 5 unspecified atom stereocenters. The number of hydrogen-bond donors (Lipinski definition) is 8. The number of aromatic amines is 2. The topological polar surface area (TPSA) is 202 Å². The van der Waals surface area contributed by atoms with Crippen LogP contribution in [-0.4, -0.2) is 74.6 Å². The van der Waals surface area contributed by atoms with Crippen LogP contribution in [-0.2, 0) is 32.0 Å². The van der Waals surface area contributed by atoms with Gasteiger partial charge in [0.1, 0.15) is 24.2 Å². The van der Waals surface area contributed by atoms with Crippen LogP contribution in [0.15, 0.2) is 60.9 Å². The SMILES string of the molecule is CCC(C)C(NC(=O)C(Cc1c[nH]c2ccccc12)NC(=O)C(N)CO)C(=O)NC(Cc1c[nH]c2ccccc12)C(=O)O. The number of carboxylic acids is 1. The van der Waals surface area contributed by atoms with Gasteiger partial charge in [-0.25, -0.2) is 4.79 Å². The van der Waals surface area contributed by atoms with E-state index in [2.05, 4.69) is 25.9 Å². The molecule has 0 aliphatic rings. The van der Waals surface area contributed by atoms with Crippen molar-refractivity contribution in [1.29, 1.82) is 0 Å². The molecule has 0 radical (unpaired) electrons. The predicted octanol–water partition coefficient (Wildman–Crippen LogP) is 1.34. The first kappa shape index (κ1) is 31.3. The summed E-state index contributed by atoms with van der Waals surface area (Å²) < 4.78 is 0. The summed E-state index contributed by atoms with van der Waals surface area (Å²) >= 11 is 0. The van der Waals surface area contributed by atoms with Crippen LogP contribution in [0.2, 0.25) is 0 Å². The molecular formula is C31H38N6O6. The highest BCUT2D eigenvalue weighted by molar-refractivity contribution is 5.95. The second kappa shape index (κ2) is 14.0. The smallest absolute Gasteiger partial charge is 0.326 e. The number of rotatable bonds is 14. The van der Waals surface area contributed by atoms with E-state index in [9.17, 15) is 29.4 Å². The summed E-state index contributed by atoms with van der Waals surface area (Å²) in [5, 5.41) is 29.0. The maximum absolute atomic E-state index is 13.7. The summed E-state index contributed by atoms with van der Waals surface area (Å²) in [6.45, 7) is 3.01. The van der Waals surface area contributed by atoms with Gasteiger partial charge in [-0.3, -0.25) is 14.4 Å². The number of hydrogen-bond acceptors (Lipinski definition) is 6. The Balaban J connectivity index is 1.54. The van der Waals surface area contributed by atoms with E-state index < -0.39 is 54.5 Å². The van der Waals surface area contributed by atoms with Crippen LogP contribution in [0.3, 0.4) is 0 Å². The van der Waals surface area contributed by atoms with Gasteiger partial charge in [-0.1, -0.05) is 56.7 Å². The summed E-state index contributed by atoms with van der Waals surface area (Å²) in [7, 11) is 0. The van der Waals surface area contributed by atoms with Crippen LogP contribution >= 0.6 is 0 Å². The van der Waals surface area contributed by atoms with Gasteiger partial charge in [0.2, 0.25) is 17.7 Å². The zero-order chi connectivity index (χ0) is 31.1. The number of nitrogens with one attached hydrogen (secondary N) is 5. The average molecular weight is 591 g/mol. The Morgan fingerprint density at radius 3 is 1.81 bits per heavy atom. The van der Waals surface area contributed by atoms with E-state index in [1.165, 1.54) is 0 Å². The molecule has 4 rings (SSSR count). The molecule has 0 saturated carbocycles. The Bertz CT molecular complexity index is 1600. The van der Waals surface area contributed by atoms with E-state index in [1.807, 2.05) is 55.5 Å². The Morgan fingerprint density at radius 1 is 0.791 bits per heavy atom. The summed E-state index contributed by atoms with van der Waals surface area (Å²) in [5.41, 5.74) is 8.88. The van der Waals surface area contributed by atoms with E-state index in [1.54, 1.807) is 19.3 Å². The number of carbonyl (C=O) groups excluding carboxylic acids is 3. The van der Waals surface area contributed by atoms with Crippen molar-refractivity contribution >= 4 is 45.5 Å². The zero-order valence-corrected chi connectivity index (χ0v) is 24.1. The van der Waals surface area contributed by atoms with Gasteiger partial charge in [0.05, 0.1) is 6.61 Å². The maximum atomic E-state index is 13.7. The van der Waals surface area contributed by atoms with Gasteiger partial charge in [0.25, 0.3) is 0 Å². The fourth-order valence-corrected chi connectivity index (χ4v) is 5.03. The quantitative estimate of drug-likeness (QED) is 0.108. The fraction of sp³-hybridized carbons (Fsp3) is 0.355. The number of aromatic nitrogens is 2. The van der Waals surface area contributed by atoms with Gasteiger partial charge in [0, 0.05) is 47.0 Å². The lowest BCUT2D eigenvalue weighted by molar-refractivity contribution is -0.142. The third kappa shape index (κ3) is 7.40. The van der Waals surface area contributed by atoms with Crippen molar-refractivity contribution < 1.29 is 29.4 Å². The van der Waals surface area contributed by atoms with Crippen LogP contribution in [0.1, 0.15) is 31.4 Å². The van der Waals surface area contributed by atoms with Crippen molar-refractivity contribution in [1.82, 2.24) is 25.9 Å². The second-order valence-electron chi connectivity index (χ2n) is 10.7. The minimum Gasteiger partial charge on any atom is -0.480 e. The third-order valence-electron chi connectivity index (χ3n) is 7.77. The van der Waals surface area contributed by atoms with Crippen LogP contribution in [0.25, 0.3) is 21.8 Å². The summed E-state index contributed by atoms with van der Waals surface area (Å²) in [6.07, 6.45) is 4.07. The number of aliphatic carboxylic acids is 1. The van der Waals surface area contributed by atoms with Gasteiger partial charge in [-0.2, -0.15) is 0 Å². The largest absolute Gasteiger partial charge is 0.480 e. The second-order valence-corrected chi connectivity index (χ2v) is 10.7. The number of carbonyl (C=O) groups is 4. The number of benzene rings is 2. The van der Waals surface area contributed by atoms with Crippen molar-refractivity contribution in [3.05, 3.63) is 72.1 Å². The zero-order valence-electron chi connectivity index (χ0n) is 24.1. The van der Waals surface area contributed by atoms with Crippen molar-refractivity contribution in [3.63, 3.8) is 0 Å². The Kier molecular flexibility index (Phi) is 10.2. The molecule has 0 spiro atoms. The monoisotopic (exact) mass is 590 g/mol. The number of amides is 3. The summed E-state index contributed by atoms with van der Waals surface area (Å²) in [5.74, 6) is -3.60. The molecule has 2 aromatic heterocycles. The van der Waals surface area contributed by atoms with Crippen molar-refractivity contribution in [2.45, 2.75) is 57.3 Å². The minimum atomic E-state index is -1.25. The molecular weight excluding hydrogens is 552 g/mol. The van der Waals surface area contributed by atoms with Gasteiger partial charge < -0.3 is 41.9 Å². The molecule has 0 bridgehead atoms. The number of H-pyrrole nitrogens is 2. The van der Waals surface area contributed by atoms with Crippen molar-refractivity contribution in [2.24, 2.45) is 11.7 Å². The molecule has 5 atom stereocenters. The first-order valence-electron chi connectivity index (χ1n) is 14.2. The molecule has 0 fully saturated rings. The third-order valence-corrected chi connectivity index (χ3v) is 7.77. The Hall–Kier alpha value is -4.68. The normalized spacial score (nSPS) is 14.9. The molecule has 3 amide bonds. The number of para-hydroxylation sites is 2. The highest BCUT2D eigenvalue weighted by atomic mass is 16.4. The molecule has 0 aliphatic carbocycles. The van der Waals surface area contributed by atoms with E-state index >= 15 is 0 Å². The summed E-state index contributed by atoms with van der Waals surface area (Å²) in [4.78, 5) is 58.3. The van der Waals surface area contributed by atoms with E-state index in [-0.39, 0.29) is 18.8 Å². The molecule has 2 heterocycles. The predicted molar refractivity (Wildman–Crippen MR) is 162 cm³/mol. The molecule has 4 aromatic rings. The van der Waals surface area contributed by atoms with Crippen LogP contribution in [0.4, 0.5) is 0 Å². The average Bonchev–Trinajstić information content (AvgIpc) is 3.62. The lowest BCUT2D eigenvalue weighted by Gasteiger charge is -2.28. The first-order chi connectivity index (χ1) is 20.6. The molecule has 0 saturated heterocycles. The van der Waals surface area contributed by atoms with Gasteiger partial charge in [-0.15, -0.1) is 0 Å². The molecule has 12 heteroatoms. The number of fused-ring (bicyclic) bond motifs is 2. The Morgan fingerprint density at radius 2 is 1.30 bits per heavy atom. The highest BCUT2D eigenvalue weighted by Crippen LogP contribution is 2.21. The number of aliphatic hydroxyl groups excluding tert-OH is 1.